The first-order chi connectivity index (χ1) is 11.9. The van der Waals surface area contributed by atoms with Gasteiger partial charge in [0.1, 0.15) is 0 Å². The Morgan fingerprint density at radius 2 is 2.08 bits per heavy atom. The largest absolute Gasteiger partial charge is 0.354 e. The molecule has 1 aliphatic rings. The number of nitrogens with one attached hydrogen (secondary N) is 1. The van der Waals surface area contributed by atoms with Crippen LogP contribution in [0.15, 0.2) is 35.8 Å². The van der Waals surface area contributed by atoms with Crippen LogP contribution in [0.5, 0.6) is 0 Å². The third-order valence-corrected chi connectivity index (χ3v) is 4.83. The molecule has 0 spiro atoms. The van der Waals surface area contributed by atoms with E-state index in [9.17, 15) is 14.4 Å². The molecule has 8 heteroatoms. The number of halogens is 2. The molecular formula is C17H16Cl2N2O3S. The van der Waals surface area contributed by atoms with Crippen LogP contribution in [0.2, 0.25) is 10.0 Å². The summed E-state index contributed by atoms with van der Waals surface area (Å²) in [6.07, 6.45) is 4.13. The maximum absolute atomic E-state index is 12.4. The molecule has 1 heterocycles. The first-order valence-corrected chi connectivity index (χ1v) is 9.07. The molecular weight excluding hydrogens is 383 g/mol. The Labute approximate surface area is 160 Å². The minimum atomic E-state index is -0.402. The van der Waals surface area contributed by atoms with Crippen LogP contribution >= 0.6 is 35.0 Å². The molecule has 2 rings (SSSR count). The number of benzene rings is 1. The molecule has 1 N–H and O–H groups in total. The Morgan fingerprint density at radius 3 is 2.76 bits per heavy atom. The highest BCUT2D eigenvalue weighted by atomic mass is 35.5. The molecule has 1 saturated heterocycles. The maximum Gasteiger partial charge on any atom is 0.293 e. The van der Waals surface area contributed by atoms with Crippen molar-refractivity contribution in [1.82, 2.24) is 10.2 Å². The van der Waals surface area contributed by atoms with E-state index in [-0.39, 0.29) is 29.1 Å². The van der Waals surface area contributed by atoms with Gasteiger partial charge in [0.2, 0.25) is 5.91 Å². The van der Waals surface area contributed by atoms with Crippen molar-refractivity contribution in [1.29, 1.82) is 0 Å². The number of thioether (sulfide) groups is 1. The fourth-order valence-corrected chi connectivity index (χ4v) is 3.40. The zero-order chi connectivity index (χ0) is 18.4. The molecule has 0 saturated carbocycles. The Morgan fingerprint density at radius 1 is 1.32 bits per heavy atom. The zero-order valence-corrected chi connectivity index (χ0v) is 15.6. The van der Waals surface area contributed by atoms with Gasteiger partial charge >= 0.3 is 0 Å². The van der Waals surface area contributed by atoms with Crippen LogP contribution in [-0.4, -0.2) is 35.0 Å². The second-order valence-corrected chi connectivity index (χ2v) is 7.01. The van der Waals surface area contributed by atoms with Crippen molar-refractivity contribution in [3.05, 3.63) is 51.4 Å². The molecule has 0 atom stereocenters. The summed E-state index contributed by atoms with van der Waals surface area (Å²) in [6, 6.07) is 4.90. The van der Waals surface area contributed by atoms with Crippen LogP contribution in [0.25, 0.3) is 6.08 Å². The number of imide groups is 1. The molecule has 3 amide bonds. The standard InChI is InChI=1S/C17H16Cl2N2O3S/c1-2-3-4-15(22)20-7-8-21-16(23)14(25-17(21)24)9-11-5-6-12(18)10-13(11)19/h2,5-6,9-10H,1,3-4,7-8H2,(H,20,22)/b14-9-. The molecule has 1 aromatic carbocycles. The van der Waals surface area contributed by atoms with Crippen molar-refractivity contribution in [3.8, 4) is 0 Å². The number of rotatable bonds is 7. The normalized spacial score (nSPS) is 15.8. The highest BCUT2D eigenvalue weighted by Gasteiger charge is 2.34. The average molecular weight is 399 g/mol. The van der Waals surface area contributed by atoms with Crippen molar-refractivity contribution >= 4 is 58.1 Å². The summed E-state index contributed by atoms with van der Waals surface area (Å²) in [7, 11) is 0. The maximum atomic E-state index is 12.4. The molecule has 0 aliphatic carbocycles. The van der Waals surface area contributed by atoms with E-state index in [4.69, 9.17) is 23.2 Å². The molecule has 0 unspecified atom stereocenters. The van der Waals surface area contributed by atoms with E-state index in [1.165, 1.54) is 0 Å². The third-order valence-electron chi connectivity index (χ3n) is 3.36. The predicted octanol–water partition coefficient (Wildman–Crippen LogP) is 4.11. The molecule has 1 fully saturated rings. The fourth-order valence-electron chi connectivity index (χ4n) is 2.08. The summed E-state index contributed by atoms with van der Waals surface area (Å²) in [5, 5.41) is 3.18. The van der Waals surface area contributed by atoms with Crippen LogP contribution in [0.4, 0.5) is 4.79 Å². The van der Waals surface area contributed by atoms with Gasteiger partial charge in [-0.25, -0.2) is 0 Å². The number of nitrogens with zero attached hydrogens (tertiary/aromatic N) is 1. The highest BCUT2D eigenvalue weighted by molar-refractivity contribution is 8.18. The van der Waals surface area contributed by atoms with Gasteiger partial charge in [-0.1, -0.05) is 35.3 Å². The lowest BCUT2D eigenvalue weighted by Gasteiger charge is -2.12. The number of carbonyl (C=O) groups is 3. The zero-order valence-electron chi connectivity index (χ0n) is 13.3. The van der Waals surface area contributed by atoms with Crippen LogP contribution in [0, 0.1) is 0 Å². The Hall–Kier alpha value is -1.76. The van der Waals surface area contributed by atoms with E-state index >= 15 is 0 Å². The van der Waals surface area contributed by atoms with Gasteiger partial charge in [0.25, 0.3) is 11.1 Å². The number of hydrogen-bond acceptors (Lipinski definition) is 4. The van der Waals surface area contributed by atoms with Gasteiger partial charge in [-0.05, 0) is 42.0 Å². The van der Waals surface area contributed by atoms with Crippen molar-refractivity contribution in [2.45, 2.75) is 12.8 Å². The number of amides is 3. The van der Waals surface area contributed by atoms with Gasteiger partial charge in [0.05, 0.1) is 4.91 Å². The molecule has 0 aromatic heterocycles. The number of allylic oxidation sites excluding steroid dienone is 1. The first-order valence-electron chi connectivity index (χ1n) is 7.50. The van der Waals surface area contributed by atoms with E-state index in [0.29, 0.717) is 28.5 Å². The van der Waals surface area contributed by atoms with Crippen LogP contribution in [0.1, 0.15) is 18.4 Å². The summed E-state index contributed by atoms with van der Waals surface area (Å²) in [4.78, 5) is 37.3. The average Bonchev–Trinajstić information content (AvgIpc) is 2.83. The smallest absolute Gasteiger partial charge is 0.293 e. The summed E-state index contributed by atoms with van der Waals surface area (Å²) < 4.78 is 0. The molecule has 0 radical (unpaired) electrons. The van der Waals surface area contributed by atoms with Gasteiger partial charge in [-0.15, -0.1) is 6.58 Å². The fraction of sp³-hybridized carbons (Fsp3) is 0.235. The molecule has 25 heavy (non-hydrogen) atoms. The Kier molecular flexibility index (Phi) is 7.11. The van der Waals surface area contributed by atoms with Gasteiger partial charge < -0.3 is 5.32 Å². The lowest BCUT2D eigenvalue weighted by molar-refractivity contribution is -0.124. The predicted molar refractivity (Wildman–Crippen MR) is 102 cm³/mol. The Bertz CT molecular complexity index is 749. The molecule has 132 valence electrons. The van der Waals surface area contributed by atoms with Gasteiger partial charge in [-0.2, -0.15) is 0 Å². The van der Waals surface area contributed by atoms with E-state index in [0.717, 1.165) is 16.7 Å². The minimum Gasteiger partial charge on any atom is -0.354 e. The summed E-state index contributed by atoms with van der Waals surface area (Å²) in [5.74, 6) is -0.545. The van der Waals surface area contributed by atoms with E-state index < -0.39 is 5.91 Å². The summed E-state index contributed by atoms with van der Waals surface area (Å²) in [5.41, 5.74) is 0.606. The van der Waals surface area contributed by atoms with Crippen LogP contribution < -0.4 is 5.32 Å². The van der Waals surface area contributed by atoms with Crippen molar-refractivity contribution in [3.63, 3.8) is 0 Å². The second-order valence-electron chi connectivity index (χ2n) is 5.18. The second kappa shape index (κ2) is 9.08. The topological polar surface area (TPSA) is 66.5 Å². The van der Waals surface area contributed by atoms with Crippen molar-refractivity contribution in [2.24, 2.45) is 0 Å². The Balaban J connectivity index is 1.98. The van der Waals surface area contributed by atoms with E-state index in [1.807, 2.05) is 0 Å². The molecule has 0 bridgehead atoms. The molecule has 1 aliphatic heterocycles. The van der Waals surface area contributed by atoms with Gasteiger partial charge in [0, 0.05) is 29.6 Å². The minimum absolute atomic E-state index is 0.121. The number of hydrogen-bond donors (Lipinski definition) is 1. The van der Waals surface area contributed by atoms with Gasteiger partial charge in [0.15, 0.2) is 0 Å². The highest BCUT2D eigenvalue weighted by Crippen LogP contribution is 2.33. The number of carbonyl (C=O) groups excluding carboxylic acids is 3. The van der Waals surface area contributed by atoms with E-state index in [1.54, 1.807) is 30.4 Å². The third kappa shape index (κ3) is 5.36. The van der Waals surface area contributed by atoms with Crippen LogP contribution in [-0.2, 0) is 9.59 Å². The van der Waals surface area contributed by atoms with Crippen molar-refractivity contribution in [2.75, 3.05) is 13.1 Å². The lowest BCUT2D eigenvalue weighted by Crippen LogP contribution is -2.37. The quantitative estimate of drug-likeness (QED) is 0.554. The molecule has 1 aromatic rings. The van der Waals surface area contributed by atoms with Crippen molar-refractivity contribution < 1.29 is 14.4 Å². The summed E-state index contributed by atoms with van der Waals surface area (Å²) in [6.45, 7) is 3.88. The monoisotopic (exact) mass is 398 g/mol. The van der Waals surface area contributed by atoms with Gasteiger partial charge in [-0.3, -0.25) is 19.3 Å². The lowest BCUT2D eigenvalue weighted by atomic mass is 10.2. The summed E-state index contributed by atoms with van der Waals surface area (Å²) >= 11 is 12.8. The van der Waals surface area contributed by atoms with E-state index in [2.05, 4.69) is 11.9 Å². The molecule has 5 nitrogen and oxygen atoms in total. The van der Waals surface area contributed by atoms with Crippen LogP contribution in [0.3, 0.4) is 0 Å². The SMILES string of the molecule is C=CCCC(=O)NCCN1C(=O)S/C(=C\c2ccc(Cl)cc2Cl)C1=O. The first kappa shape index (κ1) is 19.6.